The molecular formula is C24H22N2O3. The van der Waals surface area contributed by atoms with E-state index in [1.54, 1.807) is 24.3 Å². The van der Waals surface area contributed by atoms with Gasteiger partial charge in [0.15, 0.2) is 0 Å². The Hall–Kier alpha value is -3.86. The molecule has 0 unspecified atom stereocenters. The predicted molar refractivity (Wildman–Crippen MR) is 116 cm³/mol. The molecule has 0 heterocycles. The average molecular weight is 386 g/mol. The summed E-state index contributed by atoms with van der Waals surface area (Å²) in [6.45, 7) is 3.75. The number of aromatic hydroxyl groups is 1. The molecule has 0 aliphatic carbocycles. The number of nitrogens with one attached hydrogen (secondary N) is 2. The quantitative estimate of drug-likeness (QED) is 0.339. The van der Waals surface area contributed by atoms with Gasteiger partial charge in [-0.25, -0.2) is 0 Å². The first kappa shape index (κ1) is 19.9. The van der Waals surface area contributed by atoms with Crippen LogP contribution < -0.4 is 10.6 Å². The van der Waals surface area contributed by atoms with E-state index in [4.69, 9.17) is 0 Å². The first-order valence-corrected chi connectivity index (χ1v) is 9.19. The van der Waals surface area contributed by atoms with Crippen LogP contribution in [0, 0.1) is 13.8 Å². The van der Waals surface area contributed by atoms with Crippen LogP contribution in [0.3, 0.4) is 0 Å². The fourth-order valence-corrected chi connectivity index (χ4v) is 2.82. The molecule has 0 fully saturated rings. The van der Waals surface area contributed by atoms with Gasteiger partial charge in [0.25, 0.3) is 11.8 Å². The molecule has 0 saturated carbocycles. The van der Waals surface area contributed by atoms with Crippen molar-refractivity contribution in [2.45, 2.75) is 13.8 Å². The third-order valence-electron chi connectivity index (χ3n) is 4.46. The van der Waals surface area contributed by atoms with Crippen LogP contribution in [0.2, 0.25) is 0 Å². The number of hydrogen-bond acceptors (Lipinski definition) is 3. The Bertz CT molecular complexity index is 1030. The number of benzene rings is 3. The van der Waals surface area contributed by atoms with Crippen molar-refractivity contribution in [3.8, 4) is 5.75 Å². The number of hydrogen-bond donors (Lipinski definition) is 3. The lowest BCUT2D eigenvalue weighted by Crippen LogP contribution is -2.25. The molecule has 5 nitrogen and oxygen atoms in total. The summed E-state index contributed by atoms with van der Waals surface area (Å²) in [6, 6.07) is 21.1. The van der Waals surface area contributed by atoms with Gasteiger partial charge in [0.05, 0.1) is 0 Å². The molecule has 0 aliphatic heterocycles. The van der Waals surface area contributed by atoms with Gasteiger partial charge in [-0.15, -0.1) is 0 Å². The molecule has 3 aromatic carbocycles. The number of aryl methyl sites for hydroxylation is 2. The van der Waals surface area contributed by atoms with E-state index >= 15 is 0 Å². The number of phenols is 1. The van der Waals surface area contributed by atoms with Gasteiger partial charge in [0.1, 0.15) is 11.3 Å². The summed E-state index contributed by atoms with van der Waals surface area (Å²) < 4.78 is 0. The largest absolute Gasteiger partial charge is 0.508 e. The van der Waals surface area contributed by atoms with Crippen LogP contribution >= 0.6 is 0 Å². The van der Waals surface area contributed by atoms with E-state index in [1.807, 2.05) is 50.2 Å². The van der Waals surface area contributed by atoms with Crippen LogP contribution in [0.25, 0.3) is 6.08 Å². The standard InChI is InChI=1S/C24H22N2O3/c1-16-8-3-5-12-21(16)25-23(28)20(15-18-10-7-11-19(27)14-18)24(29)26-22-13-6-4-9-17(22)2/h3-15,27H,1-2H3,(H,25,28)(H,26,29). The monoisotopic (exact) mass is 386 g/mol. The van der Waals surface area contributed by atoms with Crippen LogP contribution in [-0.4, -0.2) is 16.9 Å². The van der Waals surface area contributed by atoms with E-state index < -0.39 is 11.8 Å². The molecule has 146 valence electrons. The highest BCUT2D eigenvalue weighted by Gasteiger charge is 2.20. The number of carbonyl (C=O) groups excluding carboxylic acids is 2. The summed E-state index contributed by atoms with van der Waals surface area (Å²) in [5.41, 5.74) is 3.50. The molecule has 5 heteroatoms. The number of amides is 2. The Labute approximate surface area is 169 Å². The van der Waals surface area contributed by atoms with Crippen molar-refractivity contribution in [3.05, 3.63) is 95.1 Å². The average Bonchev–Trinajstić information content (AvgIpc) is 2.69. The second kappa shape index (κ2) is 8.89. The zero-order valence-electron chi connectivity index (χ0n) is 16.3. The Kier molecular flexibility index (Phi) is 6.09. The lowest BCUT2D eigenvalue weighted by atomic mass is 10.1. The number of rotatable bonds is 5. The van der Waals surface area contributed by atoms with Gasteiger partial charge in [-0.05, 0) is 60.9 Å². The molecule has 0 aromatic heterocycles. The Morgan fingerprint density at radius 3 is 1.76 bits per heavy atom. The molecule has 0 saturated heterocycles. The molecule has 0 spiro atoms. The number of phenolic OH excluding ortho intramolecular Hbond substituents is 1. The minimum absolute atomic E-state index is 0.0525. The Balaban J connectivity index is 1.95. The van der Waals surface area contributed by atoms with Crippen molar-refractivity contribution in [2.75, 3.05) is 10.6 Å². The highest BCUT2D eigenvalue weighted by atomic mass is 16.3. The zero-order chi connectivity index (χ0) is 20.8. The van der Waals surface area contributed by atoms with E-state index in [0.717, 1.165) is 11.1 Å². The maximum Gasteiger partial charge on any atom is 0.261 e. The summed E-state index contributed by atoms with van der Waals surface area (Å²) in [5.74, 6) is -1.01. The molecular weight excluding hydrogens is 364 g/mol. The summed E-state index contributed by atoms with van der Waals surface area (Å²) >= 11 is 0. The predicted octanol–water partition coefficient (Wildman–Crippen LogP) is 4.67. The minimum atomic E-state index is -0.534. The molecule has 0 bridgehead atoms. The van der Waals surface area contributed by atoms with E-state index in [-0.39, 0.29) is 11.3 Å². The Morgan fingerprint density at radius 2 is 1.28 bits per heavy atom. The van der Waals surface area contributed by atoms with Crippen molar-refractivity contribution in [3.63, 3.8) is 0 Å². The molecule has 0 atom stereocenters. The third-order valence-corrected chi connectivity index (χ3v) is 4.46. The lowest BCUT2D eigenvalue weighted by Gasteiger charge is -2.13. The number of para-hydroxylation sites is 2. The van der Waals surface area contributed by atoms with Crippen LogP contribution in [0.15, 0.2) is 78.4 Å². The molecule has 0 radical (unpaired) electrons. The lowest BCUT2D eigenvalue weighted by molar-refractivity contribution is -0.118. The van der Waals surface area contributed by atoms with Gasteiger partial charge in [-0.2, -0.15) is 0 Å². The smallest absolute Gasteiger partial charge is 0.261 e. The topological polar surface area (TPSA) is 78.4 Å². The molecule has 0 aliphatic rings. The maximum absolute atomic E-state index is 13.0. The first-order valence-electron chi connectivity index (χ1n) is 9.19. The first-order chi connectivity index (χ1) is 13.9. The normalized spacial score (nSPS) is 10.1. The highest BCUT2D eigenvalue weighted by Crippen LogP contribution is 2.20. The number of carbonyl (C=O) groups is 2. The van der Waals surface area contributed by atoms with Crippen LogP contribution in [0.1, 0.15) is 16.7 Å². The fraction of sp³-hybridized carbons (Fsp3) is 0.0833. The SMILES string of the molecule is Cc1ccccc1NC(=O)C(=Cc1cccc(O)c1)C(=O)Nc1ccccc1C. The van der Waals surface area contributed by atoms with E-state index in [9.17, 15) is 14.7 Å². The second-order valence-electron chi connectivity index (χ2n) is 6.69. The van der Waals surface area contributed by atoms with Gasteiger partial charge in [0.2, 0.25) is 0 Å². The molecule has 3 N–H and O–H groups in total. The summed E-state index contributed by atoms with van der Waals surface area (Å²) in [7, 11) is 0. The minimum Gasteiger partial charge on any atom is -0.508 e. The summed E-state index contributed by atoms with van der Waals surface area (Å²) in [6.07, 6.45) is 1.46. The number of anilines is 2. The van der Waals surface area contributed by atoms with Gasteiger partial charge in [0, 0.05) is 11.4 Å². The summed E-state index contributed by atoms with van der Waals surface area (Å²) in [5, 5.41) is 15.3. The molecule has 29 heavy (non-hydrogen) atoms. The van der Waals surface area contributed by atoms with E-state index in [1.165, 1.54) is 18.2 Å². The molecule has 3 aromatic rings. The van der Waals surface area contributed by atoms with E-state index in [2.05, 4.69) is 10.6 Å². The zero-order valence-corrected chi connectivity index (χ0v) is 16.3. The highest BCUT2D eigenvalue weighted by molar-refractivity contribution is 6.29. The van der Waals surface area contributed by atoms with Gasteiger partial charge >= 0.3 is 0 Å². The van der Waals surface area contributed by atoms with Gasteiger partial charge < -0.3 is 15.7 Å². The summed E-state index contributed by atoms with van der Waals surface area (Å²) in [4.78, 5) is 25.9. The fourth-order valence-electron chi connectivity index (χ4n) is 2.82. The molecule has 2 amide bonds. The van der Waals surface area contributed by atoms with Crippen molar-refractivity contribution in [1.29, 1.82) is 0 Å². The van der Waals surface area contributed by atoms with Crippen molar-refractivity contribution in [2.24, 2.45) is 0 Å². The van der Waals surface area contributed by atoms with E-state index in [0.29, 0.717) is 16.9 Å². The molecule has 3 rings (SSSR count). The van der Waals surface area contributed by atoms with Crippen LogP contribution in [0.4, 0.5) is 11.4 Å². The van der Waals surface area contributed by atoms with Crippen LogP contribution in [0.5, 0.6) is 5.75 Å². The second-order valence-corrected chi connectivity index (χ2v) is 6.69. The van der Waals surface area contributed by atoms with Gasteiger partial charge in [-0.1, -0.05) is 48.5 Å². The van der Waals surface area contributed by atoms with Gasteiger partial charge in [-0.3, -0.25) is 9.59 Å². The third kappa shape index (κ3) is 5.11. The maximum atomic E-state index is 13.0. The van der Waals surface area contributed by atoms with Crippen molar-refractivity contribution < 1.29 is 14.7 Å². The van der Waals surface area contributed by atoms with Crippen molar-refractivity contribution >= 4 is 29.3 Å². The Morgan fingerprint density at radius 1 is 0.759 bits per heavy atom. The van der Waals surface area contributed by atoms with Crippen LogP contribution in [-0.2, 0) is 9.59 Å². The van der Waals surface area contributed by atoms with Crippen molar-refractivity contribution in [1.82, 2.24) is 0 Å².